The number of amides is 1. The van der Waals surface area contributed by atoms with Crippen LogP contribution in [0.3, 0.4) is 0 Å². The summed E-state index contributed by atoms with van der Waals surface area (Å²) in [6.45, 7) is 6.33. The average molecular weight is 229 g/mol. The molecule has 90 valence electrons. The van der Waals surface area contributed by atoms with Gasteiger partial charge in [-0.2, -0.15) is 0 Å². The van der Waals surface area contributed by atoms with E-state index in [0.29, 0.717) is 0 Å². The van der Waals surface area contributed by atoms with E-state index >= 15 is 0 Å². The molecular weight excluding hydrogens is 210 g/mol. The first-order chi connectivity index (χ1) is 8.08. The van der Waals surface area contributed by atoms with Crippen LogP contribution < -0.4 is 5.73 Å². The van der Waals surface area contributed by atoms with E-state index in [1.165, 1.54) is 16.7 Å². The molecule has 0 aliphatic heterocycles. The van der Waals surface area contributed by atoms with Crippen LogP contribution in [0.15, 0.2) is 12.1 Å². The lowest BCUT2D eigenvalue weighted by atomic mass is 9.95. The minimum atomic E-state index is -0.374. The predicted molar refractivity (Wildman–Crippen MR) is 70.6 cm³/mol. The molecule has 2 nitrogen and oxygen atoms in total. The maximum absolute atomic E-state index is 10.7. The van der Waals surface area contributed by atoms with Crippen molar-refractivity contribution in [3.8, 4) is 11.8 Å². The zero-order valence-corrected chi connectivity index (χ0v) is 10.8. The average Bonchev–Trinajstić information content (AvgIpc) is 2.29. The highest BCUT2D eigenvalue weighted by atomic mass is 16.1. The number of hydrogen-bond acceptors (Lipinski definition) is 1. The lowest BCUT2D eigenvalue weighted by molar-refractivity contribution is -0.117. The Hall–Kier alpha value is -1.75. The molecule has 0 saturated heterocycles. The van der Waals surface area contributed by atoms with Gasteiger partial charge in [-0.25, -0.2) is 0 Å². The molecule has 1 rings (SSSR count). The molecule has 0 atom stereocenters. The van der Waals surface area contributed by atoms with Gasteiger partial charge < -0.3 is 5.73 Å². The van der Waals surface area contributed by atoms with E-state index in [4.69, 9.17) is 5.73 Å². The third-order valence-corrected chi connectivity index (χ3v) is 2.68. The predicted octanol–water partition coefficient (Wildman–Crippen LogP) is 2.35. The number of primary amides is 1. The Morgan fingerprint density at radius 1 is 1.24 bits per heavy atom. The number of rotatable bonds is 3. The molecule has 0 heterocycles. The van der Waals surface area contributed by atoms with Gasteiger partial charge in [0.25, 0.3) is 0 Å². The minimum absolute atomic E-state index is 0.125. The number of carbonyl (C=O) groups excluding carboxylic acids is 1. The quantitative estimate of drug-likeness (QED) is 0.794. The molecule has 0 saturated carbocycles. The molecule has 0 aromatic heterocycles. The third kappa shape index (κ3) is 3.64. The van der Waals surface area contributed by atoms with Crippen molar-refractivity contribution in [3.05, 3.63) is 34.4 Å². The van der Waals surface area contributed by atoms with E-state index in [0.717, 1.165) is 18.4 Å². The van der Waals surface area contributed by atoms with Crippen LogP contribution in [-0.4, -0.2) is 5.91 Å². The second-order valence-corrected chi connectivity index (χ2v) is 4.11. The van der Waals surface area contributed by atoms with E-state index < -0.39 is 0 Å². The molecule has 1 aromatic carbocycles. The number of nitrogens with two attached hydrogens (primary N) is 1. The summed E-state index contributed by atoms with van der Waals surface area (Å²) >= 11 is 0. The molecule has 0 unspecified atom stereocenters. The van der Waals surface area contributed by atoms with Crippen LogP contribution in [0.2, 0.25) is 0 Å². The Bertz CT molecular complexity index is 452. The number of aryl methyl sites for hydroxylation is 3. The van der Waals surface area contributed by atoms with E-state index in [-0.39, 0.29) is 12.3 Å². The zero-order chi connectivity index (χ0) is 12.8. The minimum Gasteiger partial charge on any atom is -0.369 e. The van der Waals surface area contributed by atoms with Gasteiger partial charge in [-0.3, -0.25) is 4.79 Å². The van der Waals surface area contributed by atoms with Gasteiger partial charge in [-0.15, -0.1) is 0 Å². The van der Waals surface area contributed by atoms with Crippen LogP contribution in [0.25, 0.3) is 0 Å². The van der Waals surface area contributed by atoms with Crippen LogP contribution in [0.1, 0.15) is 42.5 Å². The summed E-state index contributed by atoms with van der Waals surface area (Å²) in [7, 11) is 0. The lowest BCUT2D eigenvalue weighted by Crippen LogP contribution is -2.08. The first kappa shape index (κ1) is 13.3. The summed E-state index contributed by atoms with van der Waals surface area (Å²) in [4.78, 5) is 10.7. The largest absolute Gasteiger partial charge is 0.369 e. The van der Waals surface area contributed by atoms with Crippen LogP contribution in [0, 0.1) is 18.8 Å². The molecule has 2 N–H and O–H groups in total. The summed E-state index contributed by atoms with van der Waals surface area (Å²) in [5, 5.41) is 0. The van der Waals surface area contributed by atoms with Crippen molar-refractivity contribution in [2.24, 2.45) is 5.73 Å². The van der Waals surface area contributed by atoms with Gasteiger partial charge in [0.2, 0.25) is 5.91 Å². The van der Waals surface area contributed by atoms with Gasteiger partial charge in [-0.05, 0) is 30.9 Å². The fraction of sp³-hybridized carbons (Fsp3) is 0.400. The summed E-state index contributed by atoms with van der Waals surface area (Å²) in [5.74, 6) is 5.56. The standard InChI is InChI=1S/C15H19NO/c1-4-12-9-11(3)10-13(5-2)14(12)7-6-8-15(16)17/h9-10H,4-5,8H2,1-3H3,(H2,16,17). The number of benzene rings is 1. The smallest absolute Gasteiger partial charge is 0.229 e. The summed E-state index contributed by atoms with van der Waals surface area (Å²) in [5.41, 5.74) is 9.91. The molecule has 0 aliphatic rings. The Morgan fingerprint density at radius 3 is 2.18 bits per heavy atom. The molecular formula is C15H19NO. The molecule has 0 radical (unpaired) electrons. The number of hydrogen-bond donors (Lipinski definition) is 1. The second-order valence-electron chi connectivity index (χ2n) is 4.11. The van der Waals surface area contributed by atoms with Crippen molar-refractivity contribution >= 4 is 5.91 Å². The second kappa shape index (κ2) is 6.10. The normalized spacial score (nSPS) is 9.59. The van der Waals surface area contributed by atoms with Crippen molar-refractivity contribution in [2.45, 2.75) is 40.0 Å². The first-order valence-corrected chi connectivity index (χ1v) is 5.98. The fourth-order valence-electron chi connectivity index (χ4n) is 1.88. The van der Waals surface area contributed by atoms with E-state index in [1.807, 2.05) is 0 Å². The molecule has 1 aromatic rings. The van der Waals surface area contributed by atoms with Crippen molar-refractivity contribution in [1.29, 1.82) is 0 Å². The Morgan fingerprint density at radius 2 is 1.76 bits per heavy atom. The molecule has 17 heavy (non-hydrogen) atoms. The highest BCUT2D eigenvalue weighted by Crippen LogP contribution is 2.18. The molecule has 1 amide bonds. The Kier molecular flexibility index (Phi) is 4.78. The van der Waals surface area contributed by atoms with Crippen LogP contribution in [0.5, 0.6) is 0 Å². The van der Waals surface area contributed by atoms with E-state index in [1.54, 1.807) is 0 Å². The molecule has 0 fully saturated rings. The van der Waals surface area contributed by atoms with Gasteiger partial charge in [-0.1, -0.05) is 43.4 Å². The summed E-state index contributed by atoms with van der Waals surface area (Å²) in [6, 6.07) is 4.32. The maximum atomic E-state index is 10.7. The number of carbonyl (C=O) groups is 1. The van der Waals surface area contributed by atoms with Gasteiger partial charge in [0.05, 0.1) is 6.42 Å². The lowest BCUT2D eigenvalue weighted by Gasteiger charge is -2.09. The van der Waals surface area contributed by atoms with Crippen molar-refractivity contribution in [1.82, 2.24) is 0 Å². The maximum Gasteiger partial charge on any atom is 0.229 e. The third-order valence-electron chi connectivity index (χ3n) is 2.68. The fourth-order valence-corrected chi connectivity index (χ4v) is 1.88. The van der Waals surface area contributed by atoms with E-state index in [9.17, 15) is 4.79 Å². The monoisotopic (exact) mass is 229 g/mol. The van der Waals surface area contributed by atoms with Gasteiger partial charge in [0, 0.05) is 5.56 Å². The highest BCUT2D eigenvalue weighted by molar-refractivity contribution is 5.76. The van der Waals surface area contributed by atoms with Crippen molar-refractivity contribution < 1.29 is 4.79 Å². The summed E-state index contributed by atoms with van der Waals surface area (Å²) in [6.07, 6.45) is 2.03. The first-order valence-electron chi connectivity index (χ1n) is 5.98. The van der Waals surface area contributed by atoms with Gasteiger partial charge >= 0.3 is 0 Å². The molecule has 0 spiro atoms. The Balaban J connectivity index is 3.18. The van der Waals surface area contributed by atoms with Crippen LogP contribution in [-0.2, 0) is 17.6 Å². The van der Waals surface area contributed by atoms with Gasteiger partial charge in [0.1, 0.15) is 0 Å². The van der Waals surface area contributed by atoms with Crippen LogP contribution in [0.4, 0.5) is 0 Å². The van der Waals surface area contributed by atoms with Crippen molar-refractivity contribution in [2.75, 3.05) is 0 Å². The SMILES string of the molecule is CCc1cc(C)cc(CC)c1C#CCC(N)=O. The summed E-state index contributed by atoms with van der Waals surface area (Å²) < 4.78 is 0. The molecule has 2 heteroatoms. The topological polar surface area (TPSA) is 43.1 Å². The highest BCUT2D eigenvalue weighted by Gasteiger charge is 2.05. The Labute approximate surface area is 103 Å². The zero-order valence-electron chi connectivity index (χ0n) is 10.8. The van der Waals surface area contributed by atoms with Crippen molar-refractivity contribution in [3.63, 3.8) is 0 Å². The molecule has 0 bridgehead atoms. The molecule has 0 aliphatic carbocycles. The van der Waals surface area contributed by atoms with Crippen LogP contribution >= 0.6 is 0 Å². The van der Waals surface area contributed by atoms with Gasteiger partial charge in [0.15, 0.2) is 0 Å². The van der Waals surface area contributed by atoms with E-state index in [2.05, 4.69) is 44.7 Å².